The third-order valence-corrected chi connectivity index (χ3v) is 2.34. The number of hydrogen-bond donors (Lipinski definition) is 2. The number of nitrogen functional groups attached to an aromatic ring is 1. The highest BCUT2D eigenvalue weighted by molar-refractivity contribution is 5.41. The van der Waals surface area contributed by atoms with Crippen LogP contribution in [0.2, 0.25) is 0 Å². The summed E-state index contributed by atoms with van der Waals surface area (Å²) in [5.74, 6) is 1.81. The monoisotopic (exact) mass is 258 g/mol. The van der Waals surface area contributed by atoms with Crippen molar-refractivity contribution in [3.05, 3.63) is 36.5 Å². The van der Waals surface area contributed by atoms with Gasteiger partial charge in [-0.25, -0.2) is 4.98 Å². The number of nitrogens with two attached hydrogens (primary N) is 1. The lowest BCUT2D eigenvalue weighted by Gasteiger charge is -2.02. The van der Waals surface area contributed by atoms with Crippen LogP contribution >= 0.6 is 0 Å². The summed E-state index contributed by atoms with van der Waals surface area (Å²) < 4.78 is 10.5. The lowest BCUT2D eigenvalue weighted by Crippen LogP contribution is -1.96. The fraction of sp³-hybridized carbons (Fsp3) is 0.0909. The van der Waals surface area contributed by atoms with Gasteiger partial charge in [-0.1, -0.05) is 5.16 Å². The van der Waals surface area contributed by atoms with E-state index in [0.29, 0.717) is 29.0 Å². The summed E-state index contributed by atoms with van der Waals surface area (Å²) in [5, 5.41) is 10.1. The van der Waals surface area contributed by atoms with Gasteiger partial charge in [-0.2, -0.15) is 10.1 Å². The molecule has 0 saturated carbocycles. The Balaban J connectivity index is 1.66. The highest BCUT2D eigenvalue weighted by Gasteiger charge is 2.11. The van der Waals surface area contributed by atoms with Gasteiger partial charge >= 0.3 is 0 Å². The topological polar surface area (TPSA) is 116 Å². The molecule has 2 heterocycles. The smallest absolute Gasteiger partial charge is 0.264 e. The van der Waals surface area contributed by atoms with Crippen molar-refractivity contribution in [1.82, 2.24) is 25.3 Å². The molecule has 0 spiro atoms. The fourth-order valence-corrected chi connectivity index (χ4v) is 1.43. The molecule has 2 aromatic heterocycles. The maximum atomic E-state index is 5.58. The molecule has 0 unspecified atom stereocenters. The van der Waals surface area contributed by atoms with Crippen LogP contribution in [-0.4, -0.2) is 25.3 Å². The minimum absolute atomic E-state index is 0.172. The van der Waals surface area contributed by atoms with Gasteiger partial charge in [-0.05, 0) is 24.3 Å². The van der Waals surface area contributed by atoms with Crippen molar-refractivity contribution in [1.29, 1.82) is 0 Å². The molecule has 19 heavy (non-hydrogen) atoms. The molecule has 0 amide bonds. The fourth-order valence-electron chi connectivity index (χ4n) is 1.43. The van der Waals surface area contributed by atoms with Crippen LogP contribution in [0, 0.1) is 0 Å². The van der Waals surface area contributed by atoms with Crippen LogP contribution in [0.3, 0.4) is 0 Å². The van der Waals surface area contributed by atoms with Gasteiger partial charge in [0.15, 0.2) is 12.4 Å². The Bertz CT molecular complexity index is 646. The van der Waals surface area contributed by atoms with Gasteiger partial charge < -0.3 is 15.0 Å². The molecule has 0 atom stereocenters. The van der Waals surface area contributed by atoms with Crippen LogP contribution in [0.15, 0.2) is 35.1 Å². The number of anilines is 1. The molecule has 8 nitrogen and oxygen atoms in total. The number of hydrogen-bond acceptors (Lipinski definition) is 7. The average molecular weight is 258 g/mol. The van der Waals surface area contributed by atoms with E-state index in [-0.39, 0.29) is 6.61 Å². The van der Waals surface area contributed by atoms with Crippen LogP contribution < -0.4 is 10.5 Å². The summed E-state index contributed by atoms with van der Waals surface area (Å²) in [7, 11) is 0. The van der Waals surface area contributed by atoms with Crippen molar-refractivity contribution < 1.29 is 9.26 Å². The van der Waals surface area contributed by atoms with Gasteiger partial charge in [0.1, 0.15) is 12.1 Å². The molecular formula is C11H10N6O2. The van der Waals surface area contributed by atoms with E-state index < -0.39 is 0 Å². The van der Waals surface area contributed by atoms with E-state index in [1.54, 1.807) is 24.3 Å². The molecule has 3 N–H and O–H groups in total. The van der Waals surface area contributed by atoms with Crippen LogP contribution in [0.1, 0.15) is 5.89 Å². The van der Waals surface area contributed by atoms with E-state index in [4.69, 9.17) is 15.0 Å². The van der Waals surface area contributed by atoms with Gasteiger partial charge in [0.25, 0.3) is 5.89 Å². The summed E-state index contributed by atoms with van der Waals surface area (Å²) >= 11 is 0. The van der Waals surface area contributed by atoms with Gasteiger partial charge in [-0.3, -0.25) is 5.10 Å². The lowest BCUT2D eigenvalue weighted by atomic mass is 10.3. The first-order valence-electron chi connectivity index (χ1n) is 5.48. The minimum atomic E-state index is 0.172. The highest BCUT2D eigenvalue weighted by Crippen LogP contribution is 2.15. The molecule has 8 heteroatoms. The van der Waals surface area contributed by atoms with Gasteiger partial charge in [0.05, 0.1) is 0 Å². The molecule has 0 fully saturated rings. The highest BCUT2D eigenvalue weighted by atomic mass is 16.5. The second-order valence-electron chi connectivity index (χ2n) is 3.70. The van der Waals surface area contributed by atoms with E-state index >= 15 is 0 Å². The van der Waals surface area contributed by atoms with Gasteiger partial charge in [-0.15, -0.1) is 0 Å². The Kier molecular flexibility index (Phi) is 2.81. The maximum Gasteiger partial charge on any atom is 0.264 e. The molecule has 3 aromatic rings. The number of aromatic amines is 1. The van der Waals surface area contributed by atoms with Gasteiger partial charge in [0, 0.05) is 5.69 Å². The number of H-pyrrole nitrogens is 1. The molecular weight excluding hydrogens is 248 g/mol. The minimum Gasteiger partial charge on any atom is -0.484 e. The Hall–Kier alpha value is -2.90. The van der Waals surface area contributed by atoms with E-state index in [9.17, 15) is 0 Å². The second kappa shape index (κ2) is 4.77. The SMILES string of the molecule is Nc1ccc(OCc2nc(-c3ncn[nH]3)no2)cc1. The summed E-state index contributed by atoms with van der Waals surface area (Å²) in [6.07, 6.45) is 1.37. The van der Waals surface area contributed by atoms with E-state index in [2.05, 4.69) is 25.3 Å². The van der Waals surface area contributed by atoms with Gasteiger partial charge in [0.2, 0.25) is 5.82 Å². The zero-order valence-electron chi connectivity index (χ0n) is 9.78. The number of nitrogens with one attached hydrogen (secondary N) is 1. The predicted octanol–water partition coefficient (Wildman–Crippen LogP) is 1.02. The molecule has 0 bridgehead atoms. The van der Waals surface area contributed by atoms with Crippen LogP contribution in [0.4, 0.5) is 5.69 Å². The normalized spacial score (nSPS) is 10.5. The Morgan fingerprint density at radius 2 is 2.11 bits per heavy atom. The molecule has 1 aromatic carbocycles. The average Bonchev–Trinajstić information content (AvgIpc) is 3.09. The lowest BCUT2D eigenvalue weighted by molar-refractivity contribution is 0.243. The Morgan fingerprint density at radius 3 is 2.84 bits per heavy atom. The number of benzene rings is 1. The zero-order valence-corrected chi connectivity index (χ0v) is 9.78. The predicted molar refractivity (Wildman–Crippen MR) is 64.9 cm³/mol. The molecule has 0 aliphatic rings. The van der Waals surface area contributed by atoms with Crippen LogP contribution in [-0.2, 0) is 6.61 Å². The van der Waals surface area contributed by atoms with Crippen molar-refractivity contribution in [3.63, 3.8) is 0 Å². The number of ether oxygens (including phenoxy) is 1. The van der Waals surface area contributed by atoms with E-state index in [1.807, 2.05) is 0 Å². The summed E-state index contributed by atoms with van der Waals surface area (Å²) in [4.78, 5) is 8.05. The molecule has 0 saturated heterocycles. The van der Waals surface area contributed by atoms with Crippen molar-refractivity contribution in [2.45, 2.75) is 6.61 Å². The Labute approximate surface area is 107 Å². The second-order valence-corrected chi connectivity index (χ2v) is 3.70. The maximum absolute atomic E-state index is 5.58. The Morgan fingerprint density at radius 1 is 1.26 bits per heavy atom. The number of nitrogens with zero attached hydrogens (tertiary/aromatic N) is 4. The summed E-state index contributed by atoms with van der Waals surface area (Å²) in [6, 6.07) is 7.04. The van der Waals surface area contributed by atoms with Crippen LogP contribution in [0.5, 0.6) is 5.75 Å². The molecule has 0 aliphatic carbocycles. The van der Waals surface area contributed by atoms with Crippen molar-refractivity contribution in [2.75, 3.05) is 5.73 Å². The number of aromatic nitrogens is 5. The summed E-state index contributed by atoms with van der Waals surface area (Å²) in [6.45, 7) is 0.172. The van der Waals surface area contributed by atoms with E-state index in [1.165, 1.54) is 6.33 Å². The van der Waals surface area contributed by atoms with E-state index in [0.717, 1.165) is 0 Å². The molecule has 0 radical (unpaired) electrons. The van der Waals surface area contributed by atoms with Crippen LogP contribution in [0.25, 0.3) is 11.6 Å². The van der Waals surface area contributed by atoms with Crippen molar-refractivity contribution in [2.24, 2.45) is 0 Å². The zero-order chi connectivity index (χ0) is 13.1. The molecule has 3 rings (SSSR count). The first-order chi connectivity index (χ1) is 9.31. The molecule has 0 aliphatic heterocycles. The third kappa shape index (κ3) is 2.51. The third-order valence-electron chi connectivity index (χ3n) is 2.34. The molecule has 96 valence electrons. The summed E-state index contributed by atoms with van der Waals surface area (Å²) in [5.41, 5.74) is 6.26. The standard InChI is InChI=1S/C11H10N6O2/c12-7-1-3-8(4-2-7)18-5-9-15-11(17-19-9)10-13-6-14-16-10/h1-4,6H,5,12H2,(H,13,14,16). The first-order valence-corrected chi connectivity index (χ1v) is 5.48. The first kappa shape index (κ1) is 11.2. The largest absolute Gasteiger partial charge is 0.484 e. The number of rotatable bonds is 4. The van der Waals surface area contributed by atoms with Crippen molar-refractivity contribution in [3.8, 4) is 17.4 Å². The van der Waals surface area contributed by atoms with Crippen molar-refractivity contribution >= 4 is 5.69 Å². The quantitative estimate of drug-likeness (QED) is 0.671.